The molecule has 3 nitrogen and oxygen atoms in total. The van der Waals surface area contributed by atoms with Gasteiger partial charge in [-0.25, -0.2) is 0 Å². The van der Waals surface area contributed by atoms with Crippen LogP contribution in [0.2, 0.25) is 0 Å². The van der Waals surface area contributed by atoms with Crippen LogP contribution in [0.15, 0.2) is 12.1 Å². The molecule has 0 aliphatic heterocycles. The van der Waals surface area contributed by atoms with Crippen LogP contribution in [0.3, 0.4) is 0 Å². The lowest BCUT2D eigenvalue weighted by molar-refractivity contribution is 0.402. The van der Waals surface area contributed by atoms with Crippen molar-refractivity contribution in [3.05, 3.63) is 17.7 Å². The number of ether oxygens (including phenoxy) is 2. The van der Waals surface area contributed by atoms with Crippen molar-refractivity contribution in [3.8, 4) is 11.5 Å². The molecule has 90 valence electrons. The number of nitrogens with one attached hydrogen (secondary N) is 1. The Hall–Kier alpha value is -1.03. The van der Waals surface area contributed by atoms with Crippen LogP contribution in [0.1, 0.15) is 12.0 Å². The zero-order chi connectivity index (χ0) is 12.0. The van der Waals surface area contributed by atoms with Gasteiger partial charge in [0.2, 0.25) is 0 Å². The van der Waals surface area contributed by atoms with Gasteiger partial charge in [0.25, 0.3) is 0 Å². The Morgan fingerprint density at radius 3 is 2.44 bits per heavy atom. The van der Waals surface area contributed by atoms with Gasteiger partial charge < -0.3 is 14.8 Å². The number of rotatable bonds is 6. The molecule has 0 heterocycles. The average molecular weight is 241 g/mol. The van der Waals surface area contributed by atoms with E-state index in [4.69, 9.17) is 9.47 Å². The number of anilines is 1. The fraction of sp³-hybridized carbons (Fsp3) is 0.500. The molecule has 16 heavy (non-hydrogen) atoms. The Morgan fingerprint density at radius 2 is 1.88 bits per heavy atom. The van der Waals surface area contributed by atoms with Crippen molar-refractivity contribution in [1.82, 2.24) is 0 Å². The van der Waals surface area contributed by atoms with Gasteiger partial charge in [-0.1, -0.05) is 0 Å². The van der Waals surface area contributed by atoms with Crippen LogP contribution in [-0.4, -0.2) is 26.5 Å². The van der Waals surface area contributed by atoms with Gasteiger partial charge in [-0.3, -0.25) is 0 Å². The van der Waals surface area contributed by atoms with E-state index < -0.39 is 0 Å². The van der Waals surface area contributed by atoms with Crippen molar-refractivity contribution in [2.45, 2.75) is 13.3 Å². The summed E-state index contributed by atoms with van der Waals surface area (Å²) in [6, 6.07) is 3.94. The third kappa shape index (κ3) is 3.23. The fourth-order valence-corrected chi connectivity index (χ4v) is 1.65. The summed E-state index contributed by atoms with van der Waals surface area (Å²) < 4.78 is 10.6. The van der Waals surface area contributed by atoms with Crippen molar-refractivity contribution in [3.63, 3.8) is 0 Å². The summed E-state index contributed by atoms with van der Waals surface area (Å²) in [5.41, 5.74) is 2.03. The van der Waals surface area contributed by atoms with E-state index in [1.54, 1.807) is 14.2 Å². The number of aryl methyl sites for hydroxylation is 1. The van der Waals surface area contributed by atoms with Crippen molar-refractivity contribution in [2.75, 3.05) is 31.8 Å². The average Bonchev–Trinajstić information content (AvgIpc) is 2.30. The van der Waals surface area contributed by atoms with E-state index in [0.29, 0.717) is 0 Å². The maximum atomic E-state index is 5.32. The maximum absolute atomic E-state index is 5.32. The van der Waals surface area contributed by atoms with Gasteiger partial charge in [-0.15, -0.1) is 0 Å². The summed E-state index contributed by atoms with van der Waals surface area (Å²) in [5.74, 6) is 2.59. The molecule has 0 aromatic heterocycles. The van der Waals surface area contributed by atoms with Crippen molar-refractivity contribution < 1.29 is 9.47 Å². The third-order valence-electron chi connectivity index (χ3n) is 2.37. The fourth-order valence-electron chi connectivity index (χ4n) is 1.49. The van der Waals surface area contributed by atoms with Crippen LogP contribution >= 0.6 is 12.6 Å². The van der Waals surface area contributed by atoms with Gasteiger partial charge in [-0.2, -0.15) is 12.6 Å². The summed E-state index contributed by atoms with van der Waals surface area (Å²) in [7, 11) is 3.34. The molecule has 0 aliphatic rings. The van der Waals surface area contributed by atoms with Crippen molar-refractivity contribution in [1.29, 1.82) is 0 Å². The molecular weight excluding hydrogens is 222 g/mol. The smallest absolute Gasteiger partial charge is 0.142 e. The van der Waals surface area contributed by atoms with Gasteiger partial charge in [0.1, 0.15) is 11.5 Å². The molecule has 0 atom stereocenters. The van der Waals surface area contributed by atoms with Crippen LogP contribution in [0, 0.1) is 6.92 Å². The monoisotopic (exact) mass is 241 g/mol. The Morgan fingerprint density at radius 1 is 1.19 bits per heavy atom. The Balaban J connectivity index is 2.86. The molecule has 1 aromatic carbocycles. The molecule has 0 radical (unpaired) electrons. The molecule has 0 bridgehead atoms. The summed E-state index contributed by atoms with van der Waals surface area (Å²) >= 11 is 4.17. The highest BCUT2D eigenvalue weighted by Crippen LogP contribution is 2.32. The van der Waals surface area contributed by atoms with Gasteiger partial charge in [-0.05, 0) is 30.7 Å². The van der Waals surface area contributed by atoms with E-state index in [2.05, 4.69) is 17.9 Å². The largest absolute Gasteiger partial charge is 0.496 e. The van der Waals surface area contributed by atoms with Crippen molar-refractivity contribution >= 4 is 18.3 Å². The topological polar surface area (TPSA) is 30.5 Å². The second-order valence-corrected chi connectivity index (χ2v) is 3.97. The zero-order valence-corrected chi connectivity index (χ0v) is 10.9. The number of benzene rings is 1. The predicted octanol–water partition coefficient (Wildman–Crippen LogP) is 2.74. The van der Waals surface area contributed by atoms with Crippen LogP contribution in [0.4, 0.5) is 5.69 Å². The molecule has 0 unspecified atom stereocenters. The first-order valence-electron chi connectivity index (χ1n) is 5.30. The van der Waals surface area contributed by atoms with Gasteiger partial charge in [0.05, 0.1) is 19.9 Å². The number of hydrogen-bond acceptors (Lipinski definition) is 4. The first kappa shape index (κ1) is 13.0. The summed E-state index contributed by atoms with van der Waals surface area (Å²) in [5, 5.41) is 3.31. The molecule has 0 amide bonds. The summed E-state index contributed by atoms with van der Waals surface area (Å²) in [6.45, 7) is 2.88. The Kier molecular flexibility index (Phi) is 5.32. The summed E-state index contributed by atoms with van der Waals surface area (Å²) in [6.07, 6.45) is 1.02. The number of thiol groups is 1. The normalized spacial score (nSPS) is 10.0. The third-order valence-corrected chi connectivity index (χ3v) is 2.68. The maximum Gasteiger partial charge on any atom is 0.142 e. The minimum atomic E-state index is 0.845. The molecule has 0 saturated carbocycles. The van der Waals surface area contributed by atoms with Crippen LogP contribution in [-0.2, 0) is 0 Å². The molecule has 0 saturated heterocycles. The molecular formula is C12H19NO2S. The van der Waals surface area contributed by atoms with E-state index in [0.717, 1.165) is 41.5 Å². The van der Waals surface area contributed by atoms with Crippen LogP contribution < -0.4 is 14.8 Å². The molecule has 0 aliphatic carbocycles. The first-order chi connectivity index (χ1) is 7.72. The lowest BCUT2D eigenvalue weighted by Gasteiger charge is -2.14. The first-order valence-corrected chi connectivity index (χ1v) is 5.93. The van der Waals surface area contributed by atoms with Gasteiger partial charge in [0, 0.05) is 12.6 Å². The van der Waals surface area contributed by atoms with E-state index in [-0.39, 0.29) is 0 Å². The van der Waals surface area contributed by atoms with Crippen LogP contribution in [0.5, 0.6) is 11.5 Å². The zero-order valence-electron chi connectivity index (χ0n) is 10.0. The molecule has 1 aromatic rings. The highest BCUT2D eigenvalue weighted by atomic mass is 32.1. The molecule has 1 N–H and O–H groups in total. The number of hydrogen-bond donors (Lipinski definition) is 2. The van der Waals surface area contributed by atoms with Crippen LogP contribution in [0.25, 0.3) is 0 Å². The standard InChI is InChI=1S/C12H19NO2S/c1-9-7-12(15-3)10(8-11(9)14-2)13-5-4-6-16/h7-8,13,16H,4-6H2,1-3H3. The lowest BCUT2D eigenvalue weighted by Crippen LogP contribution is -2.04. The molecule has 1 rings (SSSR count). The second-order valence-electron chi connectivity index (χ2n) is 3.53. The molecule has 0 fully saturated rings. The van der Waals surface area contributed by atoms with Gasteiger partial charge in [0.15, 0.2) is 0 Å². The van der Waals surface area contributed by atoms with Gasteiger partial charge >= 0.3 is 0 Å². The van der Waals surface area contributed by atoms with E-state index in [9.17, 15) is 0 Å². The SMILES string of the molecule is COc1cc(NCCCS)c(OC)cc1C. The predicted molar refractivity (Wildman–Crippen MR) is 71.2 cm³/mol. The van der Waals surface area contributed by atoms with E-state index >= 15 is 0 Å². The molecule has 4 heteroatoms. The van der Waals surface area contributed by atoms with E-state index in [1.165, 1.54) is 0 Å². The number of methoxy groups -OCH3 is 2. The highest BCUT2D eigenvalue weighted by molar-refractivity contribution is 7.80. The highest BCUT2D eigenvalue weighted by Gasteiger charge is 2.07. The minimum Gasteiger partial charge on any atom is -0.496 e. The quantitative estimate of drug-likeness (QED) is 0.593. The van der Waals surface area contributed by atoms with E-state index in [1.807, 2.05) is 19.1 Å². The lowest BCUT2D eigenvalue weighted by atomic mass is 10.2. The summed E-state index contributed by atoms with van der Waals surface area (Å²) in [4.78, 5) is 0. The minimum absolute atomic E-state index is 0.845. The second kappa shape index (κ2) is 6.53. The van der Waals surface area contributed by atoms with Crippen molar-refractivity contribution in [2.24, 2.45) is 0 Å². The molecule has 0 spiro atoms. The Labute approximate surface area is 103 Å². The Bertz CT molecular complexity index is 342.